The monoisotopic (exact) mass is 337 g/mol. The zero-order chi connectivity index (χ0) is 18.5. The molecular weight excluding hydrogens is 306 g/mol. The SMILES string of the molecule is C/C=C\[C@@H]1C[C@H](C#N)N(C(=O)OC(C)(C)C)[C@H]1[C@@H](N)C(O)CCC. The van der Waals surface area contributed by atoms with E-state index in [1.54, 1.807) is 20.8 Å². The van der Waals surface area contributed by atoms with Gasteiger partial charge in [0.1, 0.15) is 11.6 Å². The zero-order valence-corrected chi connectivity index (χ0v) is 15.4. The number of nitrogens with zero attached hydrogens (tertiary/aromatic N) is 2. The molecule has 0 radical (unpaired) electrons. The van der Waals surface area contributed by atoms with E-state index >= 15 is 0 Å². The molecule has 24 heavy (non-hydrogen) atoms. The van der Waals surface area contributed by atoms with Gasteiger partial charge in [0.2, 0.25) is 0 Å². The Balaban J connectivity index is 3.16. The molecule has 6 nitrogen and oxygen atoms in total. The maximum Gasteiger partial charge on any atom is 0.411 e. The second-order valence-electron chi connectivity index (χ2n) is 7.38. The van der Waals surface area contributed by atoms with Crippen molar-refractivity contribution in [1.82, 2.24) is 4.90 Å². The van der Waals surface area contributed by atoms with E-state index in [9.17, 15) is 15.2 Å². The molecule has 0 aliphatic carbocycles. The van der Waals surface area contributed by atoms with Crippen molar-refractivity contribution < 1.29 is 14.6 Å². The van der Waals surface area contributed by atoms with Crippen LogP contribution in [0.2, 0.25) is 0 Å². The highest BCUT2D eigenvalue weighted by Crippen LogP contribution is 2.35. The molecule has 1 fully saturated rings. The molecule has 0 aromatic carbocycles. The summed E-state index contributed by atoms with van der Waals surface area (Å²) in [7, 11) is 0. The van der Waals surface area contributed by atoms with Gasteiger partial charge in [0.05, 0.1) is 24.3 Å². The van der Waals surface area contributed by atoms with E-state index < -0.39 is 35.9 Å². The van der Waals surface area contributed by atoms with E-state index in [1.165, 1.54) is 4.90 Å². The second kappa shape index (κ2) is 8.50. The Morgan fingerprint density at radius 1 is 1.54 bits per heavy atom. The van der Waals surface area contributed by atoms with Crippen LogP contribution in [0, 0.1) is 17.2 Å². The van der Waals surface area contributed by atoms with E-state index in [4.69, 9.17) is 10.5 Å². The lowest BCUT2D eigenvalue weighted by molar-refractivity contribution is 0.00716. The Hall–Kier alpha value is -1.58. The maximum atomic E-state index is 12.7. The number of nitrogens with two attached hydrogens (primary N) is 1. The topological polar surface area (TPSA) is 99.6 Å². The molecule has 6 heteroatoms. The third-order valence-electron chi connectivity index (χ3n) is 4.21. The van der Waals surface area contributed by atoms with Crippen molar-refractivity contribution in [1.29, 1.82) is 5.26 Å². The number of likely N-dealkylation sites (tertiary alicyclic amines) is 1. The summed E-state index contributed by atoms with van der Waals surface area (Å²) in [6.07, 6.45) is 4.42. The van der Waals surface area contributed by atoms with Gasteiger partial charge < -0.3 is 15.6 Å². The van der Waals surface area contributed by atoms with Crippen molar-refractivity contribution in [2.45, 2.75) is 83.7 Å². The van der Waals surface area contributed by atoms with Crippen molar-refractivity contribution in [3.63, 3.8) is 0 Å². The van der Waals surface area contributed by atoms with Gasteiger partial charge in [0.25, 0.3) is 0 Å². The summed E-state index contributed by atoms with van der Waals surface area (Å²) in [6.45, 7) is 9.21. The van der Waals surface area contributed by atoms with Crippen molar-refractivity contribution in [3.05, 3.63) is 12.2 Å². The third-order valence-corrected chi connectivity index (χ3v) is 4.21. The largest absolute Gasteiger partial charge is 0.444 e. The maximum absolute atomic E-state index is 12.7. The van der Waals surface area contributed by atoms with Crippen LogP contribution in [0.15, 0.2) is 12.2 Å². The molecule has 1 rings (SSSR count). The lowest BCUT2D eigenvalue weighted by Crippen LogP contribution is -2.56. The highest BCUT2D eigenvalue weighted by molar-refractivity contribution is 5.70. The molecule has 1 unspecified atom stereocenters. The van der Waals surface area contributed by atoms with Crippen molar-refractivity contribution in [2.75, 3.05) is 0 Å². The van der Waals surface area contributed by atoms with Gasteiger partial charge in [-0.15, -0.1) is 0 Å². The van der Waals surface area contributed by atoms with Gasteiger partial charge in [0, 0.05) is 5.92 Å². The molecule has 3 N–H and O–H groups in total. The average molecular weight is 337 g/mol. The molecule has 1 amide bonds. The molecule has 1 heterocycles. The lowest BCUT2D eigenvalue weighted by Gasteiger charge is -2.36. The number of nitriles is 1. The van der Waals surface area contributed by atoms with Crippen LogP contribution < -0.4 is 5.73 Å². The first-order valence-electron chi connectivity index (χ1n) is 8.63. The van der Waals surface area contributed by atoms with Gasteiger partial charge in [-0.25, -0.2) is 4.79 Å². The molecule has 0 aromatic heterocycles. The number of hydrogen-bond acceptors (Lipinski definition) is 5. The summed E-state index contributed by atoms with van der Waals surface area (Å²) in [5.41, 5.74) is 5.64. The molecular formula is C18H31N3O3. The highest BCUT2D eigenvalue weighted by atomic mass is 16.6. The van der Waals surface area contributed by atoms with Crippen LogP contribution in [0.25, 0.3) is 0 Å². The third kappa shape index (κ3) is 4.96. The predicted molar refractivity (Wildman–Crippen MR) is 93.1 cm³/mol. The first kappa shape index (κ1) is 20.5. The molecule has 0 bridgehead atoms. The standard InChI is InChI=1S/C18H31N3O3/c1-6-8-12-10-13(11-19)21(17(23)24-18(3,4)5)16(12)15(20)14(22)9-7-2/h6,8,12-16,22H,7,9-10,20H2,1-5H3/b8-6-/t12-,13-,14?,15+,16-/m1/s1. The van der Waals surface area contributed by atoms with Crippen LogP contribution in [-0.2, 0) is 4.74 Å². The fourth-order valence-corrected chi connectivity index (χ4v) is 3.23. The first-order chi connectivity index (χ1) is 11.2. The van der Waals surface area contributed by atoms with Crippen LogP contribution in [0.4, 0.5) is 4.79 Å². The highest BCUT2D eigenvalue weighted by Gasteiger charge is 2.48. The molecule has 136 valence electrons. The van der Waals surface area contributed by atoms with Crippen molar-refractivity contribution in [2.24, 2.45) is 11.7 Å². The Kier molecular flexibility index (Phi) is 7.25. The van der Waals surface area contributed by atoms with Crippen LogP contribution in [0.1, 0.15) is 53.9 Å². The number of hydrogen-bond donors (Lipinski definition) is 2. The van der Waals surface area contributed by atoms with Gasteiger partial charge in [0.15, 0.2) is 0 Å². The first-order valence-corrected chi connectivity index (χ1v) is 8.63. The molecule has 5 atom stereocenters. The fourth-order valence-electron chi connectivity index (χ4n) is 3.23. The normalized spacial score (nSPS) is 27.1. The van der Waals surface area contributed by atoms with E-state index in [0.717, 1.165) is 6.42 Å². The van der Waals surface area contributed by atoms with Crippen molar-refractivity contribution in [3.8, 4) is 6.07 Å². The molecule has 1 saturated heterocycles. The summed E-state index contributed by atoms with van der Waals surface area (Å²) < 4.78 is 5.47. The summed E-state index contributed by atoms with van der Waals surface area (Å²) >= 11 is 0. The summed E-state index contributed by atoms with van der Waals surface area (Å²) in [5, 5.41) is 19.8. The number of allylic oxidation sites excluding steroid dienone is 1. The average Bonchev–Trinajstić information content (AvgIpc) is 2.84. The molecule has 0 saturated carbocycles. The van der Waals surface area contributed by atoms with Crippen LogP contribution in [0.3, 0.4) is 0 Å². The Morgan fingerprint density at radius 2 is 2.17 bits per heavy atom. The van der Waals surface area contributed by atoms with E-state index in [0.29, 0.717) is 12.8 Å². The van der Waals surface area contributed by atoms with Gasteiger partial charge >= 0.3 is 6.09 Å². The number of aliphatic hydroxyl groups excluding tert-OH is 1. The van der Waals surface area contributed by atoms with Gasteiger partial charge in [-0.1, -0.05) is 25.5 Å². The number of rotatable bonds is 5. The van der Waals surface area contributed by atoms with E-state index in [1.807, 2.05) is 26.0 Å². The molecule has 1 aliphatic rings. The number of aliphatic hydroxyl groups is 1. The molecule has 1 aliphatic heterocycles. The van der Waals surface area contributed by atoms with Crippen LogP contribution >= 0.6 is 0 Å². The Morgan fingerprint density at radius 3 is 2.62 bits per heavy atom. The van der Waals surface area contributed by atoms with Gasteiger partial charge in [-0.2, -0.15) is 5.26 Å². The fraction of sp³-hybridized carbons (Fsp3) is 0.778. The van der Waals surface area contributed by atoms with Crippen molar-refractivity contribution >= 4 is 6.09 Å². The number of carbonyl (C=O) groups excluding carboxylic acids is 1. The second-order valence-corrected chi connectivity index (χ2v) is 7.38. The van der Waals surface area contributed by atoms with Gasteiger partial charge in [-0.3, -0.25) is 4.90 Å². The Bertz CT molecular complexity index is 493. The lowest BCUT2D eigenvalue weighted by atomic mass is 9.89. The molecule has 0 spiro atoms. The van der Waals surface area contributed by atoms with Crippen LogP contribution in [-0.4, -0.2) is 45.9 Å². The smallest absolute Gasteiger partial charge is 0.411 e. The van der Waals surface area contributed by atoms with E-state index in [2.05, 4.69) is 6.07 Å². The Labute approximate surface area is 145 Å². The minimum Gasteiger partial charge on any atom is -0.444 e. The number of carbonyl (C=O) groups is 1. The number of ether oxygens (including phenoxy) is 1. The summed E-state index contributed by atoms with van der Waals surface area (Å²) in [6, 6.07) is 0.489. The minimum absolute atomic E-state index is 0.0753. The quantitative estimate of drug-likeness (QED) is 0.751. The predicted octanol–water partition coefficient (Wildman–Crippen LogP) is 2.57. The summed E-state index contributed by atoms with van der Waals surface area (Å²) in [5.74, 6) is -0.0753. The van der Waals surface area contributed by atoms with E-state index in [-0.39, 0.29) is 5.92 Å². The number of amides is 1. The van der Waals surface area contributed by atoms with Gasteiger partial charge in [-0.05, 0) is 40.5 Å². The zero-order valence-electron chi connectivity index (χ0n) is 15.4. The molecule has 0 aromatic rings. The summed E-state index contributed by atoms with van der Waals surface area (Å²) in [4.78, 5) is 14.1. The minimum atomic E-state index is -0.727. The van der Waals surface area contributed by atoms with Crippen LogP contribution in [0.5, 0.6) is 0 Å².